The number of hydrogen-bond acceptors (Lipinski definition) is 5. The van der Waals surface area contributed by atoms with Crippen molar-refractivity contribution in [2.45, 2.75) is 4.90 Å². The van der Waals surface area contributed by atoms with Crippen molar-refractivity contribution in [2.24, 2.45) is 0 Å². The number of amides is 1. The van der Waals surface area contributed by atoms with Crippen LogP contribution in [0.25, 0.3) is 0 Å². The summed E-state index contributed by atoms with van der Waals surface area (Å²) in [5, 5.41) is 12.0. The van der Waals surface area contributed by atoms with E-state index < -0.39 is 15.9 Å². The molecule has 1 N–H and O–H groups in total. The number of carbonyl (C=O) groups excluding carboxylic acids is 1. The standard InChI is InChI=1S/C19H19ClN4O3S/c1-23-7-9-24(10-8-23)28(26,27)17-4-2-3-14(12-17)19(25)22-16-5-6-18(20)15(11-16)13-21/h2-6,11-12H,7-10H2,1H3,(H,22,25). The quantitative estimate of drug-likeness (QED) is 0.822. The van der Waals surface area contributed by atoms with Gasteiger partial charge in [0.1, 0.15) is 6.07 Å². The summed E-state index contributed by atoms with van der Waals surface area (Å²) in [6.45, 7) is 2.16. The molecule has 1 amide bonds. The molecule has 1 saturated heterocycles. The third kappa shape index (κ3) is 4.34. The van der Waals surface area contributed by atoms with Crippen LogP contribution in [-0.4, -0.2) is 56.8 Å². The van der Waals surface area contributed by atoms with Gasteiger partial charge in [-0.2, -0.15) is 9.57 Å². The third-order valence-corrected chi connectivity index (χ3v) is 6.77. The summed E-state index contributed by atoms with van der Waals surface area (Å²) in [5.41, 5.74) is 0.854. The van der Waals surface area contributed by atoms with Crippen LogP contribution in [0.3, 0.4) is 0 Å². The van der Waals surface area contributed by atoms with Gasteiger partial charge in [0.25, 0.3) is 5.91 Å². The molecular weight excluding hydrogens is 400 g/mol. The van der Waals surface area contributed by atoms with Crippen molar-refractivity contribution < 1.29 is 13.2 Å². The van der Waals surface area contributed by atoms with E-state index in [1.807, 2.05) is 13.1 Å². The summed E-state index contributed by atoms with van der Waals surface area (Å²) < 4.78 is 27.2. The van der Waals surface area contributed by atoms with Gasteiger partial charge in [-0.25, -0.2) is 8.42 Å². The Morgan fingerprint density at radius 1 is 1.14 bits per heavy atom. The molecule has 2 aromatic rings. The fourth-order valence-corrected chi connectivity index (χ4v) is 4.50. The predicted molar refractivity (Wildman–Crippen MR) is 107 cm³/mol. The normalized spacial score (nSPS) is 15.8. The van der Waals surface area contributed by atoms with Gasteiger partial charge in [0.05, 0.1) is 15.5 Å². The first kappa shape index (κ1) is 20.3. The minimum Gasteiger partial charge on any atom is -0.322 e. The average Bonchev–Trinajstić information content (AvgIpc) is 2.70. The first-order valence-corrected chi connectivity index (χ1v) is 10.4. The number of benzene rings is 2. The van der Waals surface area contributed by atoms with Gasteiger partial charge >= 0.3 is 0 Å². The van der Waals surface area contributed by atoms with E-state index in [-0.39, 0.29) is 16.0 Å². The molecule has 146 valence electrons. The molecule has 3 rings (SSSR count). The zero-order chi connectivity index (χ0) is 20.3. The number of nitrogens with one attached hydrogen (secondary N) is 1. The summed E-state index contributed by atoms with van der Waals surface area (Å²) in [7, 11) is -1.72. The Kier molecular flexibility index (Phi) is 6.01. The van der Waals surface area contributed by atoms with Crippen molar-refractivity contribution in [1.29, 1.82) is 5.26 Å². The predicted octanol–water partition coefficient (Wildman–Crippen LogP) is 2.40. The average molecular weight is 419 g/mol. The summed E-state index contributed by atoms with van der Waals surface area (Å²) in [6.07, 6.45) is 0. The zero-order valence-corrected chi connectivity index (χ0v) is 16.8. The van der Waals surface area contributed by atoms with Crippen LogP contribution in [0.4, 0.5) is 5.69 Å². The number of piperazine rings is 1. The highest BCUT2D eigenvalue weighted by Crippen LogP contribution is 2.22. The minimum absolute atomic E-state index is 0.0820. The van der Waals surface area contributed by atoms with Crippen molar-refractivity contribution in [3.05, 3.63) is 58.6 Å². The molecule has 1 aliphatic rings. The molecular formula is C19H19ClN4O3S. The monoisotopic (exact) mass is 418 g/mol. The molecule has 0 spiro atoms. The molecule has 1 heterocycles. The Morgan fingerprint density at radius 2 is 1.86 bits per heavy atom. The second-order valence-electron chi connectivity index (χ2n) is 6.50. The van der Waals surface area contributed by atoms with Crippen molar-refractivity contribution in [2.75, 3.05) is 38.5 Å². The number of rotatable bonds is 4. The molecule has 9 heteroatoms. The van der Waals surface area contributed by atoms with Crippen LogP contribution >= 0.6 is 11.6 Å². The van der Waals surface area contributed by atoms with E-state index in [2.05, 4.69) is 10.2 Å². The summed E-state index contributed by atoms with van der Waals surface area (Å²) in [5.74, 6) is -0.471. The van der Waals surface area contributed by atoms with Gasteiger partial charge in [0, 0.05) is 37.4 Å². The molecule has 1 aliphatic heterocycles. The van der Waals surface area contributed by atoms with E-state index in [1.54, 1.807) is 18.2 Å². The van der Waals surface area contributed by atoms with E-state index in [4.69, 9.17) is 16.9 Å². The maximum absolute atomic E-state index is 12.9. The van der Waals surface area contributed by atoms with Gasteiger partial charge in [0.2, 0.25) is 10.0 Å². The van der Waals surface area contributed by atoms with Crippen molar-refractivity contribution in [3.8, 4) is 6.07 Å². The highest BCUT2D eigenvalue weighted by atomic mass is 35.5. The maximum Gasteiger partial charge on any atom is 0.255 e. The lowest BCUT2D eigenvalue weighted by Gasteiger charge is -2.31. The number of halogens is 1. The number of hydrogen-bond donors (Lipinski definition) is 1. The Balaban J connectivity index is 1.81. The molecule has 28 heavy (non-hydrogen) atoms. The largest absolute Gasteiger partial charge is 0.322 e. The lowest BCUT2D eigenvalue weighted by atomic mass is 10.2. The topological polar surface area (TPSA) is 93.5 Å². The van der Waals surface area contributed by atoms with Crippen molar-refractivity contribution >= 4 is 33.2 Å². The molecule has 0 bridgehead atoms. The van der Waals surface area contributed by atoms with Gasteiger partial charge < -0.3 is 10.2 Å². The van der Waals surface area contributed by atoms with Gasteiger partial charge in [-0.3, -0.25) is 4.79 Å². The summed E-state index contributed by atoms with van der Waals surface area (Å²) in [6, 6.07) is 12.4. The Hall–Kier alpha value is -2.44. The van der Waals surface area contributed by atoms with Gasteiger partial charge in [-0.1, -0.05) is 17.7 Å². The van der Waals surface area contributed by atoms with Crippen LogP contribution < -0.4 is 5.32 Å². The van der Waals surface area contributed by atoms with Gasteiger partial charge in [0.15, 0.2) is 0 Å². The molecule has 0 saturated carbocycles. The van der Waals surface area contributed by atoms with Crippen LogP contribution in [0.1, 0.15) is 15.9 Å². The highest BCUT2D eigenvalue weighted by molar-refractivity contribution is 7.89. The molecule has 0 unspecified atom stereocenters. The Labute approximate surface area is 169 Å². The second kappa shape index (κ2) is 8.29. The fraction of sp³-hybridized carbons (Fsp3) is 0.263. The molecule has 2 aromatic carbocycles. The van der Waals surface area contributed by atoms with Crippen LogP contribution in [0, 0.1) is 11.3 Å². The molecule has 1 fully saturated rings. The maximum atomic E-state index is 12.9. The van der Waals surface area contributed by atoms with Crippen LogP contribution in [0.5, 0.6) is 0 Å². The first-order valence-electron chi connectivity index (χ1n) is 8.61. The lowest BCUT2D eigenvalue weighted by Crippen LogP contribution is -2.47. The number of anilines is 1. The Bertz CT molecular complexity index is 1040. The van der Waals surface area contributed by atoms with E-state index >= 15 is 0 Å². The molecule has 0 atom stereocenters. The number of carbonyl (C=O) groups is 1. The highest BCUT2D eigenvalue weighted by Gasteiger charge is 2.28. The van der Waals surface area contributed by atoms with E-state index in [1.165, 1.54) is 28.6 Å². The first-order chi connectivity index (χ1) is 13.3. The number of sulfonamides is 1. The summed E-state index contributed by atoms with van der Waals surface area (Å²) in [4.78, 5) is 14.7. The smallest absolute Gasteiger partial charge is 0.255 e. The van der Waals surface area contributed by atoms with Crippen LogP contribution in [0.2, 0.25) is 5.02 Å². The molecule has 0 aromatic heterocycles. The SMILES string of the molecule is CN1CCN(S(=O)(=O)c2cccc(C(=O)Nc3ccc(Cl)c(C#N)c3)c2)CC1. The second-order valence-corrected chi connectivity index (χ2v) is 8.84. The van der Waals surface area contributed by atoms with E-state index in [0.717, 1.165) is 0 Å². The van der Waals surface area contributed by atoms with Crippen molar-refractivity contribution in [3.63, 3.8) is 0 Å². The third-order valence-electron chi connectivity index (χ3n) is 4.54. The summed E-state index contributed by atoms with van der Waals surface area (Å²) >= 11 is 5.89. The van der Waals surface area contributed by atoms with Gasteiger partial charge in [-0.15, -0.1) is 0 Å². The lowest BCUT2D eigenvalue weighted by molar-refractivity contribution is 0.102. The Morgan fingerprint density at radius 3 is 2.54 bits per heavy atom. The zero-order valence-electron chi connectivity index (χ0n) is 15.2. The number of nitriles is 1. The van der Waals surface area contributed by atoms with Crippen LogP contribution in [-0.2, 0) is 10.0 Å². The van der Waals surface area contributed by atoms with Gasteiger partial charge in [-0.05, 0) is 43.4 Å². The number of likely N-dealkylation sites (N-methyl/N-ethyl adjacent to an activating group) is 1. The molecule has 0 radical (unpaired) electrons. The molecule has 7 nitrogen and oxygen atoms in total. The minimum atomic E-state index is -3.66. The number of nitrogens with zero attached hydrogens (tertiary/aromatic N) is 3. The molecule has 0 aliphatic carbocycles. The van der Waals surface area contributed by atoms with Crippen molar-refractivity contribution in [1.82, 2.24) is 9.21 Å². The van der Waals surface area contributed by atoms with E-state index in [9.17, 15) is 13.2 Å². The fourth-order valence-electron chi connectivity index (χ4n) is 2.87. The van der Waals surface area contributed by atoms with E-state index in [0.29, 0.717) is 36.9 Å². The van der Waals surface area contributed by atoms with Crippen LogP contribution in [0.15, 0.2) is 47.4 Å².